The number of ether oxygens (including phenoxy) is 2. The number of Topliss-reactive ketones (excluding diaryl/α,β-unsaturated/α-hetero) is 2. The SMILES string of the molecule is COc1cc(C2C3=C(CCCC3=O)NC3=C2C(=O)CCC3)cc(I)c1OCC(=O)Nc1ccc(C)c(C)c1. The van der Waals surface area contributed by atoms with Crippen LogP contribution in [-0.2, 0) is 14.4 Å². The average molecular weight is 626 g/mol. The molecule has 0 spiro atoms. The lowest BCUT2D eigenvalue weighted by Crippen LogP contribution is -2.36. The first-order chi connectivity index (χ1) is 18.3. The van der Waals surface area contributed by atoms with Crippen molar-refractivity contribution in [3.8, 4) is 11.5 Å². The summed E-state index contributed by atoms with van der Waals surface area (Å²) in [6.45, 7) is 3.83. The predicted molar refractivity (Wildman–Crippen MR) is 153 cm³/mol. The average Bonchev–Trinajstić information content (AvgIpc) is 2.89. The number of carbonyl (C=O) groups excluding carboxylic acids is 3. The van der Waals surface area contributed by atoms with Gasteiger partial charge in [-0.25, -0.2) is 0 Å². The third-order valence-corrected chi connectivity index (χ3v) is 8.32. The highest BCUT2D eigenvalue weighted by molar-refractivity contribution is 14.1. The van der Waals surface area contributed by atoms with Crippen LogP contribution in [0.2, 0.25) is 0 Å². The van der Waals surface area contributed by atoms with Gasteiger partial charge in [0, 0.05) is 47.0 Å². The Labute approximate surface area is 236 Å². The molecule has 0 bridgehead atoms. The second kappa shape index (κ2) is 10.9. The summed E-state index contributed by atoms with van der Waals surface area (Å²) in [4.78, 5) is 38.9. The predicted octanol–water partition coefficient (Wildman–Crippen LogP) is 5.64. The number of aryl methyl sites for hydroxylation is 2. The quantitative estimate of drug-likeness (QED) is 0.404. The van der Waals surface area contributed by atoms with Crippen molar-refractivity contribution in [3.63, 3.8) is 0 Å². The molecule has 0 atom stereocenters. The van der Waals surface area contributed by atoms with E-state index in [2.05, 4.69) is 33.2 Å². The van der Waals surface area contributed by atoms with Gasteiger partial charge in [-0.15, -0.1) is 0 Å². The van der Waals surface area contributed by atoms with Gasteiger partial charge in [-0.1, -0.05) is 6.07 Å². The third kappa shape index (κ3) is 5.10. The lowest BCUT2D eigenvalue weighted by Gasteiger charge is -2.37. The first-order valence-corrected chi connectivity index (χ1v) is 14.0. The summed E-state index contributed by atoms with van der Waals surface area (Å²) in [6.07, 6.45) is 4.19. The van der Waals surface area contributed by atoms with Gasteiger partial charge in [0.25, 0.3) is 5.91 Å². The first-order valence-electron chi connectivity index (χ1n) is 12.9. The molecule has 198 valence electrons. The van der Waals surface area contributed by atoms with E-state index in [1.807, 2.05) is 44.2 Å². The minimum Gasteiger partial charge on any atom is -0.493 e. The van der Waals surface area contributed by atoms with Crippen LogP contribution in [0.5, 0.6) is 11.5 Å². The largest absolute Gasteiger partial charge is 0.493 e. The van der Waals surface area contributed by atoms with Crippen LogP contribution in [0, 0.1) is 17.4 Å². The minimum absolute atomic E-state index is 0.0889. The molecule has 2 N–H and O–H groups in total. The zero-order valence-corrected chi connectivity index (χ0v) is 24.0. The van der Waals surface area contributed by atoms with Crippen molar-refractivity contribution in [2.75, 3.05) is 19.0 Å². The molecule has 0 saturated carbocycles. The van der Waals surface area contributed by atoms with Gasteiger partial charge in [-0.3, -0.25) is 14.4 Å². The number of rotatable bonds is 6. The molecule has 1 aliphatic heterocycles. The van der Waals surface area contributed by atoms with Gasteiger partial charge in [0.2, 0.25) is 0 Å². The number of carbonyl (C=O) groups is 3. The molecule has 8 heteroatoms. The van der Waals surface area contributed by atoms with Crippen LogP contribution in [0.25, 0.3) is 0 Å². The fourth-order valence-electron chi connectivity index (χ4n) is 5.52. The first kappa shape index (κ1) is 26.5. The molecule has 1 heterocycles. The number of hydrogen-bond donors (Lipinski definition) is 2. The van der Waals surface area contributed by atoms with Crippen molar-refractivity contribution >= 4 is 45.8 Å². The molecule has 3 aliphatic rings. The third-order valence-electron chi connectivity index (χ3n) is 7.51. The van der Waals surface area contributed by atoms with Crippen LogP contribution in [0.15, 0.2) is 52.9 Å². The van der Waals surface area contributed by atoms with Crippen LogP contribution in [0.3, 0.4) is 0 Å². The smallest absolute Gasteiger partial charge is 0.262 e. The van der Waals surface area contributed by atoms with E-state index in [-0.39, 0.29) is 24.1 Å². The maximum Gasteiger partial charge on any atom is 0.262 e. The van der Waals surface area contributed by atoms with Crippen molar-refractivity contribution in [1.29, 1.82) is 0 Å². The van der Waals surface area contributed by atoms with Crippen LogP contribution < -0.4 is 20.1 Å². The van der Waals surface area contributed by atoms with E-state index in [1.54, 1.807) is 7.11 Å². The number of ketones is 2. The van der Waals surface area contributed by atoms with Gasteiger partial charge in [-0.05, 0) is 103 Å². The van der Waals surface area contributed by atoms with Crippen molar-refractivity contribution in [2.24, 2.45) is 0 Å². The van der Waals surface area contributed by atoms with Gasteiger partial charge >= 0.3 is 0 Å². The van der Waals surface area contributed by atoms with Crippen LogP contribution >= 0.6 is 22.6 Å². The second-order valence-electron chi connectivity index (χ2n) is 10.1. The summed E-state index contributed by atoms with van der Waals surface area (Å²) in [6, 6.07) is 9.54. The number of amides is 1. The van der Waals surface area contributed by atoms with E-state index in [0.29, 0.717) is 41.2 Å². The van der Waals surface area contributed by atoms with Gasteiger partial charge in [-0.2, -0.15) is 0 Å². The Bertz CT molecular complexity index is 1370. The van der Waals surface area contributed by atoms with Gasteiger partial charge < -0.3 is 20.1 Å². The summed E-state index contributed by atoms with van der Waals surface area (Å²) in [5.41, 5.74) is 7.07. The molecule has 2 aromatic carbocycles. The molecule has 1 amide bonds. The number of anilines is 1. The van der Waals surface area contributed by atoms with E-state index in [9.17, 15) is 14.4 Å². The summed E-state index contributed by atoms with van der Waals surface area (Å²) in [5.74, 6) is 0.386. The molecule has 0 saturated heterocycles. The molecule has 0 fully saturated rings. The Morgan fingerprint density at radius 1 is 0.974 bits per heavy atom. The summed E-state index contributed by atoms with van der Waals surface area (Å²) >= 11 is 2.16. The lowest BCUT2D eigenvalue weighted by molar-refractivity contribution is -0.118. The Balaban J connectivity index is 1.44. The van der Waals surface area contributed by atoms with Crippen molar-refractivity contribution in [1.82, 2.24) is 5.32 Å². The molecule has 2 aromatic rings. The van der Waals surface area contributed by atoms with Gasteiger partial charge in [0.05, 0.1) is 10.7 Å². The fourth-order valence-corrected chi connectivity index (χ4v) is 6.30. The molecule has 0 aromatic heterocycles. The molecule has 2 aliphatic carbocycles. The number of hydrogen-bond acceptors (Lipinski definition) is 6. The molecule has 0 radical (unpaired) electrons. The Kier molecular flexibility index (Phi) is 7.61. The van der Waals surface area contributed by atoms with Gasteiger partial charge in [0.1, 0.15) is 0 Å². The molecular weight excluding hydrogens is 595 g/mol. The molecule has 5 rings (SSSR count). The van der Waals surface area contributed by atoms with E-state index < -0.39 is 5.92 Å². The Morgan fingerprint density at radius 2 is 1.63 bits per heavy atom. The van der Waals surface area contributed by atoms with Crippen LogP contribution in [-0.4, -0.2) is 31.2 Å². The summed E-state index contributed by atoms with van der Waals surface area (Å²) in [7, 11) is 1.55. The van der Waals surface area contributed by atoms with E-state index in [1.165, 1.54) is 0 Å². The maximum atomic E-state index is 13.1. The standard InChI is InChI=1S/C30H31IN2O5/c1-16-10-11-19(12-17(16)2)32-26(36)15-38-30-20(31)13-18(14-25(30)37-3)27-28-21(6-4-8-23(28)34)33-22-7-5-9-24(35)29(22)27/h10-14,27,33H,4-9,15H2,1-3H3,(H,32,36). The van der Waals surface area contributed by atoms with Crippen molar-refractivity contribution in [2.45, 2.75) is 58.3 Å². The summed E-state index contributed by atoms with van der Waals surface area (Å²) in [5, 5.41) is 6.32. The highest BCUT2D eigenvalue weighted by Crippen LogP contribution is 2.47. The van der Waals surface area contributed by atoms with Gasteiger partial charge in [0.15, 0.2) is 29.7 Å². The topological polar surface area (TPSA) is 93.7 Å². The Hall–Kier alpha value is -3.14. The minimum atomic E-state index is -0.425. The van der Waals surface area contributed by atoms with Crippen LogP contribution in [0.1, 0.15) is 61.1 Å². The second-order valence-corrected chi connectivity index (χ2v) is 11.2. The molecule has 38 heavy (non-hydrogen) atoms. The van der Waals surface area contributed by atoms with Crippen molar-refractivity contribution in [3.05, 3.63) is 73.1 Å². The van der Waals surface area contributed by atoms with Crippen LogP contribution in [0.4, 0.5) is 5.69 Å². The Morgan fingerprint density at radius 3 is 2.24 bits per heavy atom. The molecule has 7 nitrogen and oxygen atoms in total. The number of allylic oxidation sites excluding steroid dienone is 4. The number of dihydropyridines is 1. The van der Waals surface area contributed by atoms with E-state index in [4.69, 9.17) is 9.47 Å². The summed E-state index contributed by atoms with van der Waals surface area (Å²) < 4.78 is 12.4. The van der Waals surface area contributed by atoms with E-state index in [0.717, 1.165) is 57.3 Å². The normalized spacial score (nSPS) is 17.6. The monoisotopic (exact) mass is 626 g/mol. The van der Waals surface area contributed by atoms with E-state index >= 15 is 0 Å². The number of methoxy groups -OCH3 is 1. The number of benzene rings is 2. The fraction of sp³-hybridized carbons (Fsp3) is 0.367. The lowest BCUT2D eigenvalue weighted by atomic mass is 9.71. The number of nitrogens with one attached hydrogen (secondary N) is 2. The maximum absolute atomic E-state index is 13.1. The highest BCUT2D eigenvalue weighted by Gasteiger charge is 2.40. The number of halogens is 1. The van der Waals surface area contributed by atoms with Crippen molar-refractivity contribution < 1.29 is 23.9 Å². The zero-order valence-electron chi connectivity index (χ0n) is 21.8. The zero-order chi connectivity index (χ0) is 27.0. The highest BCUT2D eigenvalue weighted by atomic mass is 127. The molecule has 0 unspecified atom stereocenters. The molecular formula is C30H31IN2O5.